The van der Waals surface area contributed by atoms with Crippen LogP contribution in [0.5, 0.6) is 5.75 Å². The van der Waals surface area contributed by atoms with Crippen LogP contribution >= 0.6 is 0 Å². The molecule has 0 unspecified atom stereocenters. The highest BCUT2D eigenvalue weighted by Crippen LogP contribution is 2.44. The molecule has 2 aromatic carbocycles. The third kappa shape index (κ3) is 4.24. The van der Waals surface area contributed by atoms with E-state index in [0.717, 1.165) is 59.5 Å². The van der Waals surface area contributed by atoms with E-state index in [0.29, 0.717) is 13.1 Å². The van der Waals surface area contributed by atoms with Gasteiger partial charge in [-0.1, -0.05) is 18.2 Å². The fourth-order valence-corrected chi connectivity index (χ4v) is 4.96. The van der Waals surface area contributed by atoms with Crippen LogP contribution < -0.4 is 10.1 Å². The Morgan fingerprint density at radius 3 is 2.29 bits per heavy atom. The van der Waals surface area contributed by atoms with Gasteiger partial charge in [0, 0.05) is 49.5 Å². The Balaban J connectivity index is 1.57. The number of rotatable bonds is 5. The molecule has 3 heterocycles. The molecule has 0 aliphatic carbocycles. The first-order valence-corrected chi connectivity index (χ1v) is 12.2. The minimum absolute atomic E-state index is 0.0766. The largest absolute Gasteiger partial charge is 0.482 e. The van der Waals surface area contributed by atoms with Crippen LogP contribution in [0.1, 0.15) is 48.2 Å². The van der Waals surface area contributed by atoms with Crippen molar-refractivity contribution in [3.63, 3.8) is 0 Å². The summed E-state index contributed by atoms with van der Waals surface area (Å²) >= 11 is 0. The van der Waals surface area contributed by atoms with Gasteiger partial charge in [0.2, 0.25) is 0 Å². The molecular weight excluding hydrogens is 422 g/mol. The summed E-state index contributed by atoms with van der Waals surface area (Å²) in [5.74, 6) is 0.994. The number of aromatic nitrogens is 1. The molecule has 1 saturated heterocycles. The lowest BCUT2D eigenvalue weighted by molar-refractivity contribution is 0.0772. The number of amides is 1. The number of benzene rings is 2. The fourth-order valence-electron chi connectivity index (χ4n) is 4.96. The van der Waals surface area contributed by atoms with E-state index in [4.69, 9.17) is 4.74 Å². The molecule has 5 rings (SSSR count). The summed E-state index contributed by atoms with van der Waals surface area (Å²) in [5.41, 5.74) is 6.03. The van der Waals surface area contributed by atoms with Crippen molar-refractivity contribution in [2.45, 2.75) is 32.3 Å². The first-order chi connectivity index (χ1) is 16.6. The van der Waals surface area contributed by atoms with Crippen molar-refractivity contribution in [2.24, 2.45) is 0 Å². The van der Waals surface area contributed by atoms with Gasteiger partial charge in [-0.3, -0.25) is 9.78 Å². The summed E-state index contributed by atoms with van der Waals surface area (Å²) in [4.78, 5) is 18.8. The lowest BCUT2D eigenvalue weighted by atomic mass is 9.82. The highest BCUT2D eigenvalue weighted by Gasteiger charge is 2.37. The van der Waals surface area contributed by atoms with Crippen molar-refractivity contribution >= 4 is 11.5 Å². The van der Waals surface area contributed by atoms with E-state index in [2.05, 4.69) is 46.7 Å². The van der Waals surface area contributed by atoms with Crippen molar-refractivity contribution in [2.75, 3.05) is 26.2 Å². The van der Waals surface area contributed by atoms with Gasteiger partial charge in [-0.15, -0.1) is 0 Å². The smallest absolute Gasteiger partial charge is 0.253 e. The summed E-state index contributed by atoms with van der Waals surface area (Å²) < 4.78 is 6.64. The Labute approximate surface area is 201 Å². The molecule has 2 aliphatic rings. The highest BCUT2D eigenvalue weighted by atomic mass is 16.5. The van der Waals surface area contributed by atoms with E-state index in [1.807, 2.05) is 55.4 Å². The maximum absolute atomic E-state index is 12.8. The average Bonchev–Trinajstić information content (AvgIpc) is 2.90. The Bertz CT molecular complexity index is 1190. The summed E-state index contributed by atoms with van der Waals surface area (Å²) in [6.45, 7) is 7.32. The van der Waals surface area contributed by atoms with Crippen LogP contribution in [0, 0.1) is 0 Å². The van der Waals surface area contributed by atoms with Gasteiger partial charge in [0.15, 0.2) is 0 Å². The molecule has 174 valence electrons. The third-order valence-electron chi connectivity index (χ3n) is 6.95. The maximum atomic E-state index is 12.8. The average molecular weight is 454 g/mol. The highest BCUT2D eigenvalue weighted by molar-refractivity contribution is 5.95. The van der Waals surface area contributed by atoms with Gasteiger partial charge in [0.05, 0.1) is 0 Å². The van der Waals surface area contributed by atoms with Crippen LogP contribution in [0.15, 0.2) is 73.1 Å². The number of pyridine rings is 1. The van der Waals surface area contributed by atoms with Crippen molar-refractivity contribution < 1.29 is 9.53 Å². The van der Waals surface area contributed by atoms with Crippen LogP contribution in [-0.2, 0) is 0 Å². The second-order valence-corrected chi connectivity index (χ2v) is 8.98. The van der Waals surface area contributed by atoms with Crippen molar-refractivity contribution in [1.82, 2.24) is 15.2 Å². The number of piperidine rings is 1. The summed E-state index contributed by atoms with van der Waals surface area (Å²) in [7, 11) is 0. The summed E-state index contributed by atoms with van der Waals surface area (Å²) in [5, 5.41) is 3.45. The van der Waals surface area contributed by atoms with Gasteiger partial charge in [-0.05, 0) is 91.7 Å². The van der Waals surface area contributed by atoms with E-state index < -0.39 is 0 Å². The number of fused-ring (bicyclic) bond motifs is 1. The first kappa shape index (κ1) is 22.4. The topological polar surface area (TPSA) is 54.5 Å². The number of ether oxygens (including phenoxy) is 1. The number of carbonyl (C=O) groups excluding carboxylic acids is 1. The molecule has 1 aromatic heterocycles. The van der Waals surface area contributed by atoms with E-state index in [9.17, 15) is 4.79 Å². The zero-order valence-electron chi connectivity index (χ0n) is 19.9. The fraction of sp³-hybridized carbons (Fsp3) is 0.310. The molecule has 1 amide bonds. The molecule has 3 aromatic rings. The van der Waals surface area contributed by atoms with E-state index in [1.54, 1.807) is 0 Å². The molecule has 0 bridgehead atoms. The summed E-state index contributed by atoms with van der Waals surface area (Å²) in [6, 6.07) is 18.5. The molecule has 1 spiro atoms. The predicted octanol–water partition coefficient (Wildman–Crippen LogP) is 5.18. The van der Waals surface area contributed by atoms with E-state index in [-0.39, 0.29) is 11.5 Å². The number of carbonyl (C=O) groups is 1. The number of nitrogens with one attached hydrogen (secondary N) is 1. The van der Waals surface area contributed by atoms with Crippen molar-refractivity contribution in [3.05, 3.63) is 89.8 Å². The van der Waals surface area contributed by atoms with Gasteiger partial charge >= 0.3 is 0 Å². The van der Waals surface area contributed by atoms with Gasteiger partial charge in [-0.2, -0.15) is 0 Å². The molecule has 5 heteroatoms. The Hall–Kier alpha value is -3.44. The molecule has 34 heavy (non-hydrogen) atoms. The maximum Gasteiger partial charge on any atom is 0.253 e. The van der Waals surface area contributed by atoms with Crippen LogP contribution in [0.3, 0.4) is 0 Å². The Morgan fingerprint density at radius 1 is 0.941 bits per heavy atom. The molecule has 1 N–H and O–H groups in total. The first-order valence-electron chi connectivity index (χ1n) is 12.2. The SMILES string of the molecule is CCN(CC)C(=O)c1ccc(C2=CC3(CCNCC3)Oc3ccc(-c4ccncc4)cc32)cc1. The lowest BCUT2D eigenvalue weighted by Crippen LogP contribution is -2.46. The number of hydrogen-bond donors (Lipinski definition) is 1. The standard InChI is InChI=1S/C29H31N3O2/c1-3-32(4-2)28(33)23-7-5-22(6-8-23)26-20-29(13-17-31-18-14-29)34-27-10-9-24(19-25(26)27)21-11-15-30-16-12-21/h5-12,15-16,19-20,31H,3-4,13-14,17-18H2,1-2H3. The minimum Gasteiger partial charge on any atom is -0.482 e. The Morgan fingerprint density at radius 2 is 1.62 bits per heavy atom. The van der Waals surface area contributed by atoms with Crippen LogP contribution in [0.25, 0.3) is 16.7 Å². The van der Waals surface area contributed by atoms with Gasteiger partial charge in [-0.25, -0.2) is 0 Å². The zero-order valence-corrected chi connectivity index (χ0v) is 19.9. The Kier molecular flexibility index (Phi) is 6.20. The van der Waals surface area contributed by atoms with Gasteiger partial charge in [0.1, 0.15) is 11.4 Å². The van der Waals surface area contributed by atoms with Gasteiger partial charge in [0.25, 0.3) is 5.91 Å². The molecular formula is C29H31N3O2. The monoisotopic (exact) mass is 453 g/mol. The molecule has 0 atom stereocenters. The minimum atomic E-state index is -0.304. The zero-order chi connectivity index (χ0) is 23.5. The predicted molar refractivity (Wildman–Crippen MR) is 136 cm³/mol. The molecule has 0 radical (unpaired) electrons. The van der Waals surface area contributed by atoms with Crippen molar-refractivity contribution in [1.29, 1.82) is 0 Å². The molecule has 0 saturated carbocycles. The summed E-state index contributed by atoms with van der Waals surface area (Å²) in [6.07, 6.45) is 7.81. The quantitative estimate of drug-likeness (QED) is 0.579. The number of hydrogen-bond acceptors (Lipinski definition) is 4. The third-order valence-corrected chi connectivity index (χ3v) is 6.95. The van der Waals surface area contributed by atoms with E-state index in [1.165, 1.54) is 5.57 Å². The number of nitrogens with zero attached hydrogens (tertiary/aromatic N) is 2. The normalized spacial score (nSPS) is 16.4. The molecule has 5 nitrogen and oxygen atoms in total. The van der Waals surface area contributed by atoms with E-state index >= 15 is 0 Å². The van der Waals surface area contributed by atoms with Crippen LogP contribution in [0.2, 0.25) is 0 Å². The van der Waals surface area contributed by atoms with Crippen molar-refractivity contribution in [3.8, 4) is 16.9 Å². The van der Waals surface area contributed by atoms with Gasteiger partial charge < -0.3 is 15.0 Å². The molecule has 1 fully saturated rings. The second kappa shape index (κ2) is 9.43. The van der Waals surface area contributed by atoms with Crippen LogP contribution in [-0.4, -0.2) is 47.6 Å². The molecule has 2 aliphatic heterocycles. The van der Waals surface area contributed by atoms with Crippen LogP contribution in [0.4, 0.5) is 0 Å². The second-order valence-electron chi connectivity index (χ2n) is 8.98. The lowest BCUT2D eigenvalue weighted by Gasteiger charge is -2.40.